The van der Waals surface area contributed by atoms with Gasteiger partial charge in [0.25, 0.3) is 0 Å². The van der Waals surface area contributed by atoms with E-state index in [1.807, 2.05) is 6.92 Å². The number of carboxylic acid groups (broad SMARTS) is 1. The maximum atomic E-state index is 13.3. The summed E-state index contributed by atoms with van der Waals surface area (Å²) in [5, 5.41) is 9.03. The van der Waals surface area contributed by atoms with Gasteiger partial charge in [0, 0.05) is 0 Å². The minimum absolute atomic E-state index is 0.280. The van der Waals surface area contributed by atoms with Gasteiger partial charge in [-0.15, -0.1) is 0 Å². The van der Waals surface area contributed by atoms with Crippen molar-refractivity contribution in [1.82, 2.24) is 0 Å². The first-order valence-electron chi connectivity index (χ1n) is 5.61. The van der Waals surface area contributed by atoms with Gasteiger partial charge in [0.15, 0.2) is 0 Å². The number of aliphatic carboxylic acids is 1. The van der Waals surface area contributed by atoms with Crippen molar-refractivity contribution in [3.8, 4) is 0 Å². The maximum absolute atomic E-state index is 13.3. The summed E-state index contributed by atoms with van der Waals surface area (Å²) in [5.41, 5.74) is 0.492. The third-order valence-corrected chi connectivity index (χ3v) is 2.68. The van der Waals surface area contributed by atoms with Gasteiger partial charge in [-0.25, -0.2) is 4.39 Å². The molecule has 0 amide bonds. The summed E-state index contributed by atoms with van der Waals surface area (Å²) in [6.07, 6.45) is 2.72. The standard InChI is InChI=1S/C13H17FO2/c1-2-3-6-11(13(15)16)9-10-7-4-5-8-12(10)14/h4-5,7-8,11H,2-3,6,9H2,1H3,(H,15,16)/t11-/m1/s1. The van der Waals surface area contributed by atoms with E-state index in [4.69, 9.17) is 5.11 Å². The van der Waals surface area contributed by atoms with Gasteiger partial charge >= 0.3 is 5.97 Å². The number of hydrogen-bond donors (Lipinski definition) is 1. The molecule has 1 aromatic rings. The van der Waals surface area contributed by atoms with Gasteiger partial charge in [0.1, 0.15) is 5.82 Å². The zero-order valence-electron chi connectivity index (χ0n) is 9.45. The Kier molecular flexibility index (Phi) is 4.96. The lowest BCUT2D eigenvalue weighted by atomic mass is 9.94. The first kappa shape index (κ1) is 12.7. The first-order valence-corrected chi connectivity index (χ1v) is 5.61. The predicted molar refractivity (Wildman–Crippen MR) is 60.8 cm³/mol. The fourth-order valence-corrected chi connectivity index (χ4v) is 1.69. The molecule has 0 bridgehead atoms. The second kappa shape index (κ2) is 6.26. The molecule has 0 spiro atoms. The van der Waals surface area contributed by atoms with Crippen LogP contribution in [-0.4, -0.2) is 11.1 Å². The van der Waals surface area contributed by atoms with Crippen LogP contribution < -0.4 is 0 Å². The highest BCUT2D eigenvalue weighted by Crippen LogP contribution is 2.17. The molecule has 88 valence electrons. The van der Waals surface area contributed by atoms with E-state index in [1.165, 1.54) is 6.07 Å². The Balaban J connectivity index is 2.68. The normalized spacial score (nSPS) is 12.4. The van der Waals surface area contributed by atoms with Crippen molar-refractivity contribution in [2.24, 2.45) is 5.92 Å². The van der Waals surface area contributed by atoms with E-state index in [-0.39, 0.29) is 12.2 Å². The lowest BCUT2D eigenvalue weighted by molar-refractivity contribution is -0.142. The molecule has 0 saturated carbocycles. The third kappa shape index (κ3) is 3.65. The summed E-state index contributed by atoms with van der Waals surface area (Å²) in [4.78, 5) is 11.0. The molecule has 0 heterocycles. The molecule has 0 radical (unpaired) electrons. The Labute approximate surface area is 95.1 Å². The Morgan fingerprint density at radius 1 is 1.44 bits per heavy atom. The molecule has 0 unspecified atom stereocenters. The predicted octanol–water partition coefficient (Wildman–Crippen LogP) is 3.26. The molecule has 1 atom stereocenters. The Bertz CT molecular complexity index is 350. The average molecular weight is 224 g/mol. The first-order chi connectivity index (χ1) is 7.65. The van der Waals surface area contributed by atoms with Crippen LogP contribution in [0.25, 0.3) is 0 Å². The molecule has 0 aliphatic heterocycles. The summed E-state index contributed by atoms with van der Waals surface area (Å²) in [5.74, 6) is -1.63. The molecule has 0 aromatic heterocycles. The fraction of sp³-hybridized carbons (Fsp3) is 0.462. The molecular weight excluding hydrogens is 207 g/mol. The molecule has 2 nitrogen and oxygen atoms in total. The minimum atomic E-state index is -0.836. The topological polar surface area (TPSA) is 37.3 Å². The summed E-state index contributed by atoms with van der Waals surface area (Å²) < 4.78 is 13.3. The fourth-order valence-electron chi connectivity index (χ4n) is 1.69. The molecular formula is C13H17FO2. The van der Waals surface area contributed by atoms with Gasteiger partial charge in [0.2, 0.25) is 0 Å². The van der Waals surface area contributed by atoms with Crippen molar-refractivity contribution < 1.29 is 14.3 Å². The summed E-state index contributed by atoms with van der Waals surface area (Å²) in [6, 6.07) is 6.36. The highest BCUT2D eigenvalue weighted by Gasteiger charge is 2.18. The van der Waals surface area contributed by atoms with E-state index in [0.717, 1.165) is 12.8 Å². The van der Waals surface area contributed by atoms with Crippen LogP contribution in [0.2, 0.25) is 0 Å². The smallest absolute Gasteiger partial charge is 0.306 e. The third-order valence-electron chi connectivity index (χ3n) is 2.68. The molecule has 1 aromatic carbocycles. The van der Waals surface area contributed by atoms with E-state index < -0.39 is 11.9 Å². The number of carbonyl (C=O) groups is 1. The maximum Gasteiger partial charge on any atom is 0.306 e. The van der Waals surface area contributed by atoms with Gasteiger partial charge < -0.3 is 5.11 Å². The zero-order valence-corrected chi connectivity index (χ0v) is 9.45. The van der Waals surface area contributed by atoms with Crippen molar-refractivity contribution in [3.05, 3.63) is 35.6 Å². The van der Waals surface area contributed by atoms with E-state index in [9.17, 15) is 9.18 Å². The molecule has 0 saturated heterocycles. The molecule has 0 fully saturated rings. The van der Waals surface area contributed by atoms with Crippen molar-refractivity contribution in [3.63, 3.8) is 0 Å². The summed E-state index contributed by atoms with van der Waals surface area (Å²) in [6.45, 7) is 2.02. The Hall–Kier alpha value is -1.38. The van der Waals surface area contributed by atoms with E-state index >= 15 is 0 Å². The summed E-state index contributed by atoms with van der Waals surface area (Å²) in [7, 11) is 0. The van der Waals surface area contributed by atoms with Crippen LogP contribution >= 0.6 is 0 Å². The average Bonchev–Trinajstić information content (AvgIpc) is 2.26. The van der Waals surface area contributed by atoms with Crippen LogP contribution in [0.3, 0.4) is 0 Å². The van der Waals surface area contributed by atoms with Crippen molar-refractivity contribution in [1.29, 1.82) is 0 Å². The van der Waals surface area contributed by atoms with E-state index in [0.29, 0.717) is 12.0 Å². The second-order valence-corrected chi connectivity index (χ2v) is 3.97. The van der Waals surface area contributed by atoms with Crippen molar-refractivity contribution in [2.75, 3.05) is 0 Å². The largest absolute Gasteiger partial charge is 0.481 e. The van der Waals surface area contributed by atoms with Crippen LogP contribution in [0.5, 0.6) is 0 Å². The Morgan fingerprint density at radius 3 is 2.69 bits per heavy atom. The molecule has 0 aliphatic rings. The molecule has 1 N–H and O–H groups in total. The van der Waals surface area contributed by atoms with Crippen LogP contribution in [0, 0.1) is 11.7 Å². The molecule has 1 rings (SSSR count). The lowest BCUT2D eigenvalue weighted by Gasteiger charge is -2.12. The van der Waals surface area contributed by atoms with Crippen LogP contribution in [0.15, 0.2) is 24.3 Å². The van der Waals surface area contributed by atoms with Gasteiger partial charge in [-0.3, -0.25) is 4.79 Å². The number of unbranched alkanes of at least 4 members (excludes halogenated alkanes) is 1. The van der Waals surface area contributed by atoms with Crippen LogP contribution in [0.1, 0.15) is 31.7 Å². The number of benzene rings is 1. The monoisotopic (exact) mass is 224 g/mol. The number of halogens is 1. The zero-order chi connectivity index (χ0) is 12.0. The van der Waals surface area contributed by atoms with Crippen LogP contribution in [-0.2, 0) is 11.2 Å². The number of carboxylic acids is 1. The number of hydrogen-bond acceptors (Lipinski definition) is 1. The highest BCUT2D eigenvalue weighted by atomic mass is 19.1. The van der Waals surface area contributed by atoms with Gasteiger partial charge in [-0.1, -0.05) is 38.0 Å². The quantitative estimate of drug-likeness (QED) is 0.805. The van der Waals surface area contributed by atoms with Crippen molar-refractivity contribution >= 4 is 5.97 Å². The van der Waals surface area contributed by atoms with E-state index in [2.05, 4.69) is 0 Å². The minimum Gasteiger partial charge on any atom is -0.481 e. The SMILES string of the molecule is CCCC[C@H](Cc1ccccc1F)C(=O)O. The molecule has 3 heteroatoms. The van der Waals surface area contributed by atoms with Crippen molar-refractivity contribution in [2.45, 2.75) is 32.6 Å². The Morgan fingerprint density at radius 2 is 2.12 bits per heavy atom. The van der Waals surface area contributed by atoms with Gasteiger partial charge in [0.05, 0.1) is 5.92 Å². The molecule has 16 heavy (non-hydrogen) atoms. The van der Waals surface area contributed by atoms with Gasteiger partial charge in [-0.2, -0.15) is 0 Å². The second-order valence-electron chi connectivity index (χ2n) is 3.97. The van der Waals surface area contributed by atoms with Crippen LogP contribution in [0.4, 0.5) is 4.39 Å². The number of rotatable bonds is 6. The highest BCUT2D eigenvalue weighted by molar-refractivity contribution is 5.70. The molecule has 0 aliphatic carbocycles. The van der Waals surface area contributed by atoms with E-state index in [1.54, 1.807) is 18.2 Å². The van der Waals surface area contributed by atoms with Gasteiger partial charge in [-0.05, 0) is 24.5 Å². The summed E-state index contributed by atoms with van der Waals surface area (Å²) >= 11 is 0. The lowest BCUT2D eigenvalue weighted by Crippen LogP contribution is -2.17.